The average molecular weight is 362 g/mol. The zero-order chi connectivity index (χ0) is 18.6. The molecule has 0 amide bonds. The first kappa shape index (κ1) is 17.7. The van der Waals surface area contributed by atoms with Crippen LogP contribution in [0.1, 0.15) is 11.3 Å². The molecule has 1 fully saturated rings. The third-order valence-corrected chi connectivity index (χ3v) is 4.73. The van der Waals surface area contributed by atoms with E-state index in [1.54, 1.807) is 0 Å². The lowest BCUT2D eigenvalue weighted by Crippen LogP contribution is -2.40. The molecule has 138 valence electrons. The molecule has 0 bridgehead atoms. The van der Waals surface area contributed by atoms with Gasteiger partial charge in [0.05, 0.1) is 37.4 Å². The molecule has 0 spiro atoms. The molecule has 0 saturated carbocycles. The van der Waals surface area contributed by atoms with Gasteiger partial charge in [-0.1, -0.05) is 6.07 Å². The number of ether oxygens (including phenoxy) is 1. The van der Waals surface area contributed by atoms with E-state index in [-0.39, 0.29) is 5.78 Å². The SMILES string of the molecule is Cc1cncc(-c2ccc3nnc(CC(=O)CN4CCOCC4)cc3c2)c1. The van der Waals surface area contributed by atoms with Gasteiger partial charge in [-0.3, -0.25) is 14.7 Å². The van der Waals surface area contributed by atoms with Gasteiger partial charge in [0, 0.05) is 36.4 Å². The lowest BCUT2D eigenvalue weighted by atomic mass is 10.0. The van der Waals surface area contributed by atoms with E-state index in [1.165, 1.54) is 0 Å². The van der Waals surface area contributed by atoms with Crippen molar-refractivity contribution in [3.63, 3.8) is 0 Å². The number of aromatic nitrogens is 3. The van der Waals surface area contributed by atoms with E-state index in [4.69, 9.17) is 4.74 Å². The number of rotatable bonds is 5. The smallest absolute Gasteiger partial charge is 0.152 e. The molecule has 27 heavy (non-hydrogen) atoms. The summed E-state index contributed by atoms with van der Waals surface area (Å²) in [6.07, 6.45) is 4.00. The van der Waals surface area contributed by atoms with Gasteiger partial charge in [-0.25, -0.2) is 0 Å². The number of carbonyl (C=O) groups is 1. The minimum absolute atomic E-state index is 0.157. The van der Waals surface area contributed by atoms with Crippen molar-refractivity contribution in [3.05, 3.63) is 54.0 Å². The van der Waals surface area contributed by atoms with Gasteiger partial charge in [-0.05, 0) is 42.3 Å². The summed E-state index contributed by atoms with van der Waals surface area (Å²) in [6.45, 7) is 5.48. The first-order valence-corrected chi connectivity index (χ1v) is 9.17. The number of fused-ring (bicyclic) bond motifs is 1. The van der Waals surface area contributed by atoms with Crippen molar-refractivity contribution >= 4 is 16.7 Å². The summed E-state index contributed by atoms with van der Waals surface area (Å²) in [5.74, 6) is 0.157. The predicted octanol–water partition coefficient (Wildman–Crippen LogP) is 2.44. The van der Waals surface area contributed by atoms with E-state index in [0.717, 1.165) is 40.7 Å². The Labute approximate surface area is 158 Å². The van der Waals surface area contributed by atoms with E-state index in [2.05, 4.69) is 32.2 Å². The van der Waals surface area contributed by atoms with E-state index in [0.29, 0.717) is 31.9 Å². The molecular weight excluding hydrogens is 340 g/mol. The van der Waals surface area contributed by atoms with Crippen LogP contribution >= 0.6 is 0 Å². The molecule has 0 N–H and O–H groups in total. The highest BCUT2D eigenvalue weighted by molar-refractivity contribution is 5.86. The molecule has 0 aliphatic carbocycles. The molecule has 0 atom stereocenters. The van der Waals surface area contributed by atoms with Gasteiger partial charge in [0.15, 0.2) is 5.78 Å². The lowest BCUT2D eigenvalue weighted by molar-refractivity contribution is -0.120. The molecule has 3 heterocycles. The summed E-state index contributed by atoms with van der Waals surface area (Å²) in [5, 5.41) is 9.50. The van der Waals surface area contributed by atoms with Gasteiger partial charge >= 0.3 is 0 Å². The molecule has 0 unspecified atom stereocenters. The van der Waals surface area contributed by atoms with Crippen LogP contribution in [0.4, 0.5) is 0 Å². The molecule has 4 rings (SSSR count). The van der Waals surface area contributed by atoms with Crippen LogP contribution in [-0.2, 0) is 16.0 Å². The Balaban J connectivity index is 1.53. The fourth-order valence-electron chi connectivity index (χ4n) is 3.33. The van der Waals surface area contributed by atoms with Crippen LogP contribution in [0.2, 0.25) is 0 Å². The largest absolute Gasteiger partial charge is 0.379 e. The first-order chi connectivity index (χ1) is 13.2. The molecule has 1 aromatic carbocycles. The number of hydrogen-bond donors (Lipinski definition) is 0. The zero-order valence-electron chi connectivity index (χ0n) is 15.4. The van der Waals surface area contributed by atoms with E-state index < -0.39 is 0 Å². The van der Waals surface area contributed by atoms with Crippen molar-refractivity contribution in [2.75, 3.05) is 32.8 Å². The second-order valence-corrected chi connectivity index (χ2v) is 6.96. The first-order valence-electron chi connectivity index (χ1n) is 9.17. The van der Waals surface area contributed by atoms with Crippen LogP contribution in [0.25, 0.3) is 22.0 Å². The van der Waals surface area contributed by atoms with Crippen LogP contribution in [-0.4, -0.2) is 58.7 Å². The third kappa shape index (κ3) is 4.35. The molecule has 1 aliphatic heterocycles. The summed E-state index contributed by atoms with van der Waals surface area (Å²) >= 11 is 0. The van der Waals surface area contributed by atoms with Gasteiger partial charge in [0.25, 0.3) is 0 Å². The van der Waals surface area contributed by atoms with Gasteiger partial charge in [0.1, 0.15) is 0 Å². The molecule has 1 saturated heterocycles. The maximum Gasteiger partial charge on any atom is 0.152 e. The summed E-state index contributed by atoms with van der Waals surface area (Å²) in [7, 11) is 0. The van der Waals surface area contributed by atoms with E-state index in [1.807, 2.05) is 37.5 Å². The van der Waals surface area contributed by atoms with Crippen LogP contribution in [0.5, 0.6) is 0 Å². The van der Waals surface area contributed by atoms with Gasteiger partial charge in [-0.2, -0.15) is 10.2 Å². The van der Waals surface area contributed by atoms with Gasteiger partial charge < -0.3 is 4.74 Å². The number of ketones is 1. The summed E-state index contributed by atoms with van der Waals surface area (Å²) in [5.41, 5.74) is 4.80. The Kier molecular flexibility index (Phi) is 5.18. The minimum atomic E-state index is 0.157. The number of morpholine rings is 1. The Morgan fingerprint density at radius 2 is 1.93 bits per heavy atom. The second kappa shape index (κ2) is 7.90. The monoisotopic (exact) mass is 362 g/mol. The van der Waals surface area contributed by atoms with E-state index in [9.17, 15) is 4.79 Å². The lowest BCUT2D eigenvalue weighted by Gasteiger charge is -2.25. The maximum absolute atomic E-state index is 12.4. The fourth-order valence-corrected chi connectivity index (χ4v) is 3.33. The number of carbonyl (C=O) groups excluding carboxylic acids is 1. The topological polar surface area (TPSA) is 68.2 Å². The normalized spacial score (nSPS) is 15.1. The second-order valence-electron chi connectivity index (χ2n) is 6.96. The maximum atomic E-state index is 12.4. The molecule has 0 radical (unpaired) electrons. The number of nitrogens with zero attached hydrogens (tertiary/aromatic N) is 4. The van der Waals surface area contributed by atoms with Crippen LogP contribution in [0.3, 0.4) is 0 Å². The number of pyridine rings is 1. The summed E-state index contributed by atoms with van der Waals surface area (Å²) in [6, 6.07) is 10.1. The van der Waals surface area contributed by atoms with E-state index >= 15 is 0 Å². The molecular formula is C21H22N4O2. The minimum Gasteiger partial charge on any atom is -0.379 e. The predicted molar refractivity (Wildman–Crippen MR) is 103 cm³/mol. The molecule has 3 aromatic rings. The summed E-state index contributed by atoms with van der Waals surface area (Å²) in [4.78, 5) is 18.8. The average Bonchev–Trinajstić information content (AvgIpc) is 2.68. The van der Waals surface area contributed by atoms with Gasteiger partial charge in [0.2, 0.25) is 0 Å². The van der Waals surface area contributed by atoms with Crippen molar-refractivity contribution < 1.29 is 9.53 Å². The van der Waals surface area contributed by atoms with Crippen molar-refractivity contribution in [1.82, 2.24) is 20.1 Å². The number of hydrogen-bond acceptors (Lipinski definition) is 6. The van der Waals surface area contributed by atoms with Crippen LogP contribution in [0.15, 0.2) is 42.7 Å². The molecule has 6 heteroatoms. The van der Waals surface area contributed by atoms with Crippen LogP contribution < -0.4 is 0 Å². The third-order valence-electron chi connectivity index (χ3n) is 4.73. The van der Waals surface area contributed by atoms with Crippen LogP contribution in [0, 0.1) is 6.92 Å². The molecule has 6 nitrogen and oxygen atoms in total. The Morgan fingerprint density at radius 1 is 1.07 bits per heavy atom. The molecule has 2 aromatic heterocycles. The zero-order valence-corrected chi connectivity index (χ0v) is 15.4. The Morgan fingerprint density at radius 3 is 2.74 bits per heavy atom. The van der Waals surface area contributed by atoms with Crippen molar-refractivity contribution in [2.45, 2.75) is 13.3 Å². The van der Waals surface area contributed by atoms with Crippen molar-refractivity contribution in [1.29, 1.82) is 0 Å². The Bertz CT molecular complexity index is 967. The standard InChI is InChI=1S/C21H22N4O2/c1-15-8-18(13-22-12-15)16-2-3-21-17(9-16)10-19(23-24-21)11-20(26)14-25-4-6-27-7-5-25/h2-3,8-10,12-13H,4-7,11,14H2,1H3. The summed E-state index contributed by atoms with van der Waals surface area (Å²) < 4.78 is 5.32. The highest BCUT2D eigenvalue weighted by Crippen LogP contribution is 2.24. The Hall–Kier alpha value is -2.70. The quantitative estimate of drug-likeness (QED) is 0.694. The molecule has 1 aliphatic rings. The van der Waals surface area contributed by atoms with Crippen molar-refractivity contribution in [2.24, 2.45) is 0 Å². The number of benzene rings is 1. The fraction of sp³-hybridized carbons (Fsp3) is 0.333. The highest BCUT2D eigenvalue weighted by atomic mass is 16.5. The number of aryl methyl sites for hydroxylation is 1. The number of Topliss-reactive ketones (excluding diaryl/α,β-unsaturated/α-hetero) is 1. The highest BCUT2D eigenvalue weighted by Gasteiger charge is 2.15. The van der Waals surface area contributed by atoms with Crippen molar-refractivity contribution in [3.8, 4) is 11.1 Å². The van der Waals surface area contributed by atoms with Gasteiger partial charge in [-0.15, -0.1) is 0 Å².